The highest BCUT2D eigenvalue weighted by Crippen LogP contribution is 2.23. The first kappa shape index (κ1) is 14.2. The molecule has 0 bridgehead atoms. The van der Waals surface area contributed by atoms with Crippen molar-refractivity contribution in [3.05, 3.63) is 65.2 Å². The summed E-state index contributed by atoms with van der Waals surface area (Å²) in [7, 11) is 1.98. The van der Waals surface area contributed by atoms with Gasteiger partial charge in [-0.3, -0.25) is 0 Å². The molecule has 2 aromatic rings. The van der Waals surface area contributed by atoms with Crippen molar-refractivity contribution in [1.82, 2.24) is 5.32 Å². The lowest BCUT2D eigenvalue weighted by Gasteiger charge is -2.06. The summed E-state index contributed by atoms with van der Waals surface area (Å²) in [5.41, 5.74) is 4.14. The molecule has 0 aliphatic rings. The zero-order valence-corrected chi connectivity index (χ0v) is 12.5. The zero-order valence-electron chi connectivity index (χ0n) is 11.6. The lowest BCUT2D eigenvalue weighted by molar-refractivity contribution is 0.815. The fourth-order valence-electron chi connectivity index (χ4n) is 1.99. The predicted molar refractivity (Wildman–Crippen MR) is 84.6 cm³/mol. The lowest BCUT2D eigenvalue weighted by Crippen LogP contribution is -2.04. The Kier molecular flexibility index (Phi) is 5.49. The molecule has 0 aliphatic heterocycles. The van der Waals surface area contributed by atoms with Crippen LogP contribution in [0.5, 0.6) is 0 Å². The van der Waals surface area contributed by atoms with E-state index < -0.39 is 0 Å². The van der Waals surface area contributed by atoms with Crippen LogP contribution in [0, 0.1) is 0 Å². The first-order chi connectivity index (χ1) is 9.31. The second-order valence-corrected chi connectivity index (χ2v) is 5.69. The zero-order chi connectivity index (χ0) is 13.5. The minimum Gasteiger partial charge on any atom is -0.316 e. The Morgan fingerprint density at radius 3 is 2.37 bits per heavy atom. The summed E-state index contributed by atoms with van der Waals surface area (Å²) in [6.45, 7) is 3.12. The first-order valence-corrected chi connectivity index (χ1v) is 7.74. The second-order valence-electron chi connectivity index (χ2n) is 4.64. The molecular weight excluding hydrogens is 250 g/mol. The van der Waals surface area contributed by atoms with Gasteiger partial charge < -0.3 is 5.32 Å². The molecule has 2 rings (SSSR count). The maximum atomic E-state index is 3.19. The average Bonchev–Trinajstić information content (AvgIpc) is 2.46. The van der Waals surface area contributed by atoms with Crippen LogP contribution in [0.2, 0.25) is 0 Å². The second kappa shape index (κ2) is 7.37. The van der Waals surface area contributed by atoms with Crippen LogP contribution in [0.1, 0.15) is 23.6 Å². The van der Waals surface area contributed by atoms with Crippen LogP contribution in [-0.4, -0.2) is 7.05 Å². The van der Waals surface area contributed by atoms with Gasteiger partial charge in [0.05, 0.1) is 0 Å². The quantitative estimate of drug-likeness (QED) is 0.788. The topological polar surface area (TPSA) is 12.0 Å². The number of benzene rings is 2. The van der Waals surface area contributed by atoms with E-state index in [0.29, 0.717) is 0 Å². The molecule has 100 valence electrons. The number of hydrogen-bond acceptors (Lipinski definition) is 2. The molecule has 0 aromatic heterocycles. The molecular formula is C17H21NS. The third-order valence-corrected chi connectivity index (χ3v) is 4.18. The normalized spacial score (nSPS) is 10.6. The Morgan fingerprint density at radius 2 is 1.68 bits per heavy atom. The number of hydrogen-bond donors (Lipinski definition) is 1. The molecule has 0 radical (unpaired) electrons. The maximum Gasteiger partial charge on any atom is 0.0231 e. The van der Waals surface area contributed by atoms with Crippen molar-refractivity contribution in [3.8, 4) is 0 Å². The van der Waals surface area contributed by atoms with Crippen molar-refractivity contribution in [2.75, 3.05) is 7.05 Å². The van der Waals surface area contributed by atoms with Gasteiger partial charge in [-0.05, 0) is 42.3 Å². The molecule has 1 N–H and O–H groups in total. The van der Waals surface area contributed by atoms with Crippen molar-refractivity contribution >= 4 is 11.8 Å². The molecule has 0 saturated heterocycles. The highest BCUT2D eigenvalue weighted by molar-refractivity contribution is 7.98. The average molecular weight is 271 g/mol. The molecule has 2 heteroatoms. The van der Waals surface area contributed by atoms with Crippen molar-refractivity contribution < 1.29 is 0 Å². The van der Waals surface area contributed by atoms with E-state index in [1.807, 2.05) is 18.8 Å². The molecule has 1 nitrogen and oxygen atoms in total. The van der Waals surface area contributed by atoms with Crippen LogP contribution >= 0.6 is 11.8 Å². The van der Waals surface area contributed by atoms with Crippen LogP contribution < -0.4 is 5.32 Å². The Balaban J connectivity index is 1.95. The molecule has 2 aromatic carbocycles. The summed E-state index contributed by atoms with van der Waals surface area (Å²) in [6.07, 6.45) is 1.11. The molecule has 0 aliphatic carbocycles. The van der Waals surface area contributed by atoms with Gasteiger partial charge in [-0.2, -0.15) is 0 Å². The van der Waals surface area contributed by atoms with Crippen LogP contribution in [0.3, 0.4) is 0 Å². The van der Waals surface area contributed by atoms with Crippen molar-refractivity contribution in [1.29, 1.82) is 0 Å². The van der Waals surface area contributed by atoms with Crippen LogP contribution in [0.15, 0.2) is 53.4 Å². The fraction of sp³-hybridized carbons (Fsp3) is 0.294. The van der Waals surface area contributed by atoms with Gasteiger partial charge >= 0.3 is 0 Å². The van der Waals surface area contributed by atoms with E-state index in [0.717, 1.165) is 18.7 Å². The molecule has 0 heterocycles. The first-order valence-electron chi connectivity index (χ1n) is 6.76. The molecule has 0 saturated carbocycles. The summed E-state index contributed by atoms with van der Waals surface area (Å²) >= 11 is 1.90. The Labute approximate surface area is 120 Å². The third kappa shape index (κ3) is 4.41. The highest BCUT2D eigenvalue weighted by Gasteiger charge is 1.98. The van der Waals surface area contributed by atoms with E-state index >= 15 is 0 Å². The van der Waals surface area contributed by atoms with Gasteiger partial charge in [0.2, 0.25) is 0 Å². The monoisotopic (exact) mass is 271 g/mol. The Morgan fingerprint density at radius 1 is 0.947 bits per heavy atom. The fourth-order valence-corrected chi connectivity index (χ4v) is 2.92. The van der Waals surface area contributed by atoms with Crippen molar-refractivity contribution in [3.63, 3.8) is 0 Å². The van der Waals surface area contributed by atoms with Crippen LogP contribution in [0.25, 0.3) is 0 Å². The molecule has 0 unspecified atom stereocenters. The van der Waals surface area contributed by atoms with Gasteiger partial charge in [-0.25, -0.2) is 0 Å². The maximum absolute atomic E-state index is 3.19. The predicted octanol–water partition coefficient (Wildman–Crippen LogP) is 4.26. The lowest BCUT2D eigenvalue weighted by atomic mass is 10.1. The van der Waals surface area contributed by atoms with E-state index in [2.05, 4.69) is 60.8 Å². The van der Waals surface area contributed by atoms with Gasteiger partial charge in [0.25, 0.3) is 0 Å². The largest absolute Gasteiger partial charge is 0.316 e. The summed E-state index contributed by atoms with van der Waals surface area (Å²) in [5.74, 6) is 1.03. The Bertz CT molecular complexity index is 505. The van der Waals surface area contributed by atoms with Gasteiger partial charge in [0, 0.05) is 17.2 Å². The molecule has 0 amide bonds. The molecule has 0 atom stereocenters. The number of thioether (sulfide) groups is 1. The summed E-state index contributed by atoms with van der Waals surface area (Å²) < 4.78 is 0. The minimum atomic E-state index is 0.930. The van der Waals surface area contributed by atoms with Gasteiger partial charge in [0.1, 0.15) is 0 Å². The summed E-state index contributed by atoms with van der Waals surface area (Å²) in [4.78, 5) is 1.34. The molecule has 19 heavy (non-hydrogen) atoms. The Hall–Kier alpha value is -1.25. The highest BCUT2D eigenvalue weighted by atomic mass is 32.2. The van der Waals surface area contributed by atoms with Gasteiger partial charge in [-0.1, -0.05) is 43.3 Å². The molecule has 0 fully saturated rings. The summed E-state index contributed by atoms with van der Waals surface area (Å²) in [5, 5.41) is 3.19. The standard InChI is InChI=1S/C17H21NS/c1-3-14-7-9-15(10-8-14)13-19-17-6-4-5-16(11-17)12-18-2/h4-11,18H,3,12-13H2,1-2H3. The number of nitrogens with one attached hydrogen (secondary N) is 1. The van der Waals surface area contributed by atoms with Crippen molar-refractivity contribution in [2.45, 2.75) is 30.5 Å². The number of aryl methyl sites for hydroxylation is 1. The van der Waals surface area contributed by atoms with Crippen LogP contribution in [0.4, 0.5) is 0 Å². The van der Waals surface area contributed by atoms with Gasteiger partial charge in [-0.15, -0.1) is 11.8 Å². The van der Waals surface area contributed by atoms with Gasteiger partial charge in [0.15, 0.2) is 0 Å². The van der Waals surface area contributed by atoms with E-state index in [4.69, 9.17) is 0 Å². The summed E-state index contributed by atoms with van der Waals surface area (Å²) in [6, 6.07) is 17.7. The minimum absolute atomic E-state index is 0.930. The SMILES string of the molecule is CCc1ccc(CSc2cccc(CNC)c2)cc1. The van der Waals surface area contributed by atoms with Crippen LogP contribution in [-0.2, 0) is 18.7 Å². The van der Waals surface area contributed by atoms with E-state index in [9.17, 15) is 0 Å². The smallest absolute Gasteiger partial charge is 0.0231 e. The van der Waals surface area contributed by atoms with E-state index in [1.165, 1.54) is 21.6 Å². The van der Waals surface area contributed by atoms with Crippen molar-refractivity contribution in [2.24, 2.45) is 0 Å². The molecule has 0 spiro atoms. The van der Waals surface area contributed by atoms with E-state index in [1.54, 1.807) is 0 Å². The number of rotatable bonds is 6. The van der Waals surface area contributed by atoms with E-state index in [-0.39, 0.29) is 0 Å². The third-order valence-electron chi connectivity index (χ3n) is 3.12.